The molecule has 0 aliphatic carbocycles. The maximum Gasteiger partial charge on any atom is 0.271 e. The third-order valence-electron chi connectivity index (χ3n) is 2.62. The number of carbonyl (C=O) groups excluding carboxylic acids is 2. The van der Waals surface area contributed by atoms with Crippen LogP contribution >= 0.6 is 0 Å². The molecule has 0 saturated carbocycles. The van der Waals surface area contributed by atoms with E-state index in [-0.39, 0.29) is 5.91 Å². The largest absolute Gasteiger partial charge is 0.271 e. The van der Waals surface area contributed by atoms with Crippen LogP contribution in [0.15, 0.2) is 52.4 Å². The van der Waals surface area contributed by atoms with E-state index in [1.54, 1.807) is 35.9 Å². The molecule has 0 radical (unpaired) electrons. The van der Waals surface area contributed by atoms with E-state index < -0.39 is 5.91 Å². The van der Waals surface area contributed by atoms with Crippen molar-refractivity contribution in [1.82, 2.24) is 10.9 Å². The number of nitrogens with one attached hydrogen (secondary N) is 2. The highest BCUT2D eigenvalue weighted by molar-refractivity contribution is 5.96. The number of hydrogen-bond donors (Lipinski definition) is 2. The molecule has 0 aromatic heterocycles. The van der Waals surface area contributed by atoms with Gasteiger partial charge in [0.1, 0.15) is 0 Å². The lowest BCUT2D eigenvalue weighted by Gasteiger charge is -2.01. The number of benzene rings is 1. The Kier molecular flexibility index (Phi) is 6.91. The molecule has 2 amide bonds. The molecule has 1 rings (SSSR count). The lowest BCUT2D eigenvalue weighted by atomic mass is 10.1. The number of hydrogen-bond acceptors (Lipinski definition) is 5. The van der Waals surface area contributed by atoms with Gasteiger partial charge in [-0.2, -0.15) is 5.10 Å². The summed E-state index contributed by atoms with van der Waals surface area (Å²) in [5.74, 6) is -1.01. The van der Waals surface area contributed by atoms with Crippen LogP contribution in [0.4, 0.5) is 0 Å². The zero-order valence-electron chi connectivity index (χ0n) is 12.2. The zero-order chi connectivity index (χ0) is 16.4. The van der Waals surface area contributed by atoms with Crippen molar-refractivity contribution in [1.29, 1.82) is 0 Å². The lowest BCUT2D eigenvalue weighted by molar-refractivity contribution is -0.116. The molecule has 0 bridgehead atoms. The summed E-state index contributed by atoms with van der Waals surface area (Å²) in [7, 11) is 0. The lowest BCUT2D eigenvalue weighted by Crippen LogP contribution is -2.17. The van der Waals surface area contributed by atoms with E-state index in [9.17, 15) is 14.5 Å². The molecule has 0 fully saturated rings. The van der Waals surface area contributed by atoms with Crippen molar-refractivity contribution in [2.45, 2.75) is 13.8 Å². The smallest absolute Gasteiger partial charge is 0.268 e. The minimum absolute atomic E-state index is 0.366. The third kappa shape index (κ3) is 5.91. The highest BCUT2D eigenvalue weighted by Crippen LogP contribution is 2.07. The van der Waals surface area contributed by atoms with Crippen LogP contribution < -0.4 is 10.9 Å². The Morgan fingerprint density at radius 3 is 2.68 bits per heavy atom. The molecule has 7 nitrogen and oxygen atoms in total. The van der Waals surface area contributed by atoms with Crippen LogP contribution in [0.2, 0.25) is 0 Å². The number of allylic oxidation sites excluding steroid dienone is 2. The monoisotopic (exact) mass is 300 g/mol. The molecule has 0 aliphatic rings. The predicted molar refractivity (Wildman–Crippen MR) is 84.8 cm³/mol. The molecule has 0 atom stereocenters. The molecule has 0 saturated heterocycles. The van der Waals surface area contributed by atoms with Crippen LogP contribution in [-0.4, -0.2) is 18.0 Å². The van der Waals surface area contributed by atoms with E-state index in [2.05, 4.69) is 15.8 Å². The topological polar surface area (TPSA) is 100.0 Å². The molecule has 114 valence electrons. The van der Waals surface area contributed by atoms with Gasteiger partial charge in [-0.25, -0.2) is 10.9 Å². The van der Waals surface area contributed by atoms with E-state index >= 15 is 0 Å². The SMILES string of the molecule is C/C=C(C)\C=N\NC(=O)c1cccc(/C=C/C(=O)NN=O)c1. The van der Waals surface area contributed by atoms with Crippen molar-refractivity contribution in [3.8, 4) is 0 Å². The number of nitroso groups, excluding NO2 is 1. The first-order valence-electron chi connectivity index (χ1n) is 6.43. The normalized spacial score (nSPS) is 11.6. The van der Waals surface area contributed by atoms with Crippen LogP contribution in [0.3, 0.4) is 0 Å². The fraction of sp³-hybridized carbons (Fsp3) is 0.133. The van der Waals surface area contributed by atoms with Gasteiger partial charge in [0.15, 0.2) is 0 Å². The third-order valence-corrected chi connectivity index (χ3v) is 2.62. The van der Waals surface area contributed by atoms with Gasteiger partial charge in [-0.05, 0) is 43.2 Å². The van der Waals surface area contributed by atoms with Crippen molar-refractivity contribution in [3.63, 3.8) is 0 Å². The van der Waals surface area contributed by atoms with E-state index in [0.717, 1.165) is 11.6 Å². The Bertz CT molecular complexity index is 648. The fourth-order valence-corrected chi connectivity index (χ4v) is 1.37. The van der Waals surface area contributed by atoms with Gasteiger partial charge < -0.3 is 0 Å². The van der Waals surface area contributed by atoms with Crippen molar-refractivity contribution in [3.05, 3.63) is 58.0 Å². The molecule has 1 aromatic carbocycles. The average Bonchev–Trinajstić information content (AvgIpc) is 2.53. The van der Waals surface area contributed by atoms with Gasteiger partial charge in [-0.1, -0.05) is 18.2 Å². The summed E-state index contributed by atoms with van der Waals surface area (Å²) in [6.45, 7) is 3.73. The predicted octanol–water partition coefficient (Wildman–Crippen LogP) is 2.18. The first-order chi connectivity index (χ1) is 10.6. The maximum atomic E-state index is 11.9. The van der Waals surface area contributed by atoms with E-state index in [0.29, 0.717) is 11.1 Å². The van der Waals surface area contributed by atoms with Crippen LogP contribution in [0.5, 0.6) is 0 Å². The van der Waals surface area contributed by atoms with E-state index in [1.165, 1.54) is 6.08 Å². The van der Waals surface area contributed by atoms with Crippen LogP contribution in [-0.2, 0) is 4.79 Å². The maximum absolute atomic E-state index is 11.9. The molecule has 7 heteroatoms. The first-order valence-corrected chi connectivity index (χ1v) is 6.43. The summed E-state index contributed by atoms with van der Waals surface area (Å²) in [6, 6.07) is 6.59. The molecule has 0 aliphatic heterocycles. The Morgan fingerprint density at radius 2 is 2.00 bits per heavy atom. The van der Waals surface area contributed by atoms with Crippen molar-refractivity contribution in [2.24, 2.45) is 10.4 Å². The van der Waals surface area contributed by atoms with Crippen LogP contribution in [0.1, 0.15) is 29.8 Å². The van der Waals surface area contributed by atoms with Crippen LogP contribution in [0.25, 0.3) is 6.08 Å². The second-order valence-corrected chi connectivity index (χ2v) is 4.26. The fourth-order valence-electron chi connectivity index (χ4n) is 1.37. The van der Waals surface area contributed by atoms with Crippen molar-refractivity contribution < 1.29 is 9.59 Å². The highest BCUT2D eigenvalue weighted by Gasteiger charge is 2.04. The number of nitrogens with zero attached hydrogens (tertiary/aromatic N) is 2. The Labute approximate surface area is 127 Å². The standard InChI is InChI=1S/C15H16N4O3/c1-3-11(2)10-16-18-15(21)13-6-4-5-12(9-13)7-8-14(20)17-19-22/h3-10H,1-2H3,(H,18,21)(H,17,20,22)/b8-7+,11-3-,16-10+. The van der Waals surface area contributed by atoms with Crippen LogP contribution in [0, 0.1) is 4.91 Å². The molecule has 0 spiro atoms. The van der Waals surface area contributed by atoms with Gasteiger partial charge in [-0.15, -0.1) is 4.91 Å². The number of amides is 2. The molecule has 22 heavy (non-hydrogen) atoms. The number of rotatable bonds is 6. The van der Waals surface area contributed by atoms with Gasteiger partial charge in [-0.3, -0.25) is 9.59 Å². The summed E-state index contributed by atoms with van der Waals surface area (Å²) >= 11 is 0. The highest BCUT2D eigenvalue weighted by atomic mass is 16.3. The van der Waals surface area contributed by atoms with E-state index in [4.69, 9.17) is 0 Å². The Hall–Kier alpha value is -3.09. The molecule has 0 heterocycles. The quantitative estimate of drug-likeness (QED) is 0.364. The summed E-state index contributed by atoms with van der Waals surface area (Å²) < 4.78 is 0. The van der Waals surface area contributed by atoms with Gasteiger partial charge in [0.2, 0.25) is 0 Å². The molecular formula is C15H16N4O3. The number of hydrazone groups is 1. The Balaban J connectivity index is 2.75. The second kappa shape index (κ2) is 8.96. The van der Waals surface area contributed by atoms with E-state index in [1.807, 2.05) is 19.9 Å². The zero-order valence-corrected chi connectivity index (χ0v) is 12.2. The van der Waals surface area contributed by atoms with Gasteiger partial charge in [0.25, 0.3) is 11.8 Å². The molecule has 1 aromatic rings. The molecule has 2 N–H and O–H groups in total. The van der Waals surface area contributed by atoms with Crippen molar-refractivity contribution in [2.75, 3.05) is 0 Å². The van der Waals surface area contributed by atoms with Gasteiger partial charge >= 0.3 is 0 Å². The minimum Gasteiger partial charge on any atom is -0.268 e. The second-order valence-electron chi connectivity index (χ2n) is 4.26. The number of carbonyl (C=O) groups is 2. The first kappa shape index (κ1) is 17.0. The van der Waals surface area contributed by atoms with Gasteiger partial charge in [0, 0.05) is 17.9 Å². The average molecular weight is 300 g/mol. The summed E-state index contributed by atoms with van der Waals surface area (Å²) in [6.07, 6.45) is 6.01. The molecular weight excluding hydrogens is 284 g/mol. The van der Waals surface area contributed by atoms with Gasteiger partial charge in [0.05, 0.1) is 5.29 Å². The summed E-state index contributed by atoms with van der Waals surface area (Å²) in [5, 5.41) is 6.09. The van der Waals surface area contributed by atoms with Crippen molar-refractivity contribution >= 4 is 24.1 Å². The summed E-state index contributed by atoms with van der Waals surface area (Å²) in [5.41, 5.74) is 6.09. The minimum atomic E-state index is -0.642. The molecule has 0 unspecified atom stereocenters. The summed E-state index contributed by atoms with van der Waals surface area (Å²) in [4.78, 5) is 32.8. The Morgan fingerprint density at radius 1 is 1.23 bits per heavy atom.